The third-order valence-electron chi connectivity index (χ3n) is 5.26. The smallest absolute Gasteiger partial charge is 0.244 e. The Balaban J connectivity index is 1.67. The monoisotopic (exact) mass is 382 g/mol. The van der Waals surface area contributed by atoms with Crippen molar-refractivity contribution < 1.29 is 14.3 Å². The van der Waals surface area contributed by atoms with Crippen LogP contribution in [0, 0.1) is 0 Å². The van der Waals surface area contributed by atoms with Crippen LogP contribution in [0.1, 0.15) is 36.4 Å². The maximum atomic E-state index is 13.2. The lowest BCUT2D eigenvalue weighted by Gasteiger charge is -2.31. The molecule has 28 heavy (non-hydrogen) atoms. The zero-order valence-corrected chi connectivity index (χ0v) is 16.8. The molecule has 1 aliphatic heterocycles. The number of rotatable bonds is 8. The lowest BCUT2D eigenvalue weighted by Crippen LogP contribution is -2.43. The van der Waals surface area contributed by atoms with Crippen LogP contribution < -0.4 is 14.8 Å². The fraction of sp³-hybridized carbons (Fsp3) is 0.435. The summed E-state index contributed by atoms with van der Waals surface area (Å²) in [6.07, 6.45) is 4.21. The third-order valence-corrected chi connectivity index (χ3v) is 5.26. The molecular weight excluding hydrogens is 352 g/mol. The molecule has 1 saturated heterocycles. The van der Waals surface area contributed by atoms with Gasteiger partial charge in [0.15, 0.2) is 11.5 Å². The molecule has 1 aliphatic rings. The van der Waals surface area contributed by atoms with E-state index in [1.165, 1.54) is 6.42 Å². The Morgan fingerprint density at radius 3 is 2.39 bits per heavy atom. The number of carbonyl (C=O) groups is 1. The first kappa shape index (κ1) is 20.2. The van der Waals surface area contributed by atoms with Gasteiger partial charge in [-0.2, -0.15) is 0 Å². The van der Waals surface area contributed by atoms with Gasteiger partial charge in [-0.3, -0.25) is 4.79 Å². The molecule has 2 aromatic carbocycles. The summed E-state index contributed by atoms with van der Waals surface area (Å²) in [4.78, 5) is 15.2. The Kier molecular flexibility index (Phi) is 7.31. The highest BCUT2D eigenvalue weighted by Gasteiger charge is 2.26. The highest BCUT2D eigenvalue weighted by molar-refractivity contribution is 5.83. The number of ether oxygens (including phenoxy) is 2. The molecule has 0 bridgehead atoms. The van der Waals surface area contributed by atoms with Crippen molar-refractivity contribution in [2.75, 3.05) is 33.9 Å². The number of hydrogen-bond donors (Lipinski definition) is 1. The van der Waals surface area contributed by atoms with Gasteiger partial charge < -0.3 is 19.7 Å². The van der Waals surface area contributed by atoms with Crippen LogP contribution in [0.2, 0.25) is 0 Å². The van der Waals surface area contributed by atoms with Gasteiger partial charge in [0.1, 0.15) is 6.04 Å². The second-order valence-corrected chi connectivity index (χ2v) is 7.12. The van der Waals surface area contributed by atoms with Crippen molar-refractivity contribution in [3.8, 4) is 11.5 Å². The molecule has 1 N–H and O–H groups in total. The average Bonchev–Trinajstić information content (AvgIpc) is 2.77. The van der Waals surface area contributed by atoms with E-state index in [1.807, 2.05) is 53.4 Å². The third kappa shape index (κ3) is 5.04. The molecule has 0 radical (unpaired) electrons. The number of methoxy groups -OCH3 is 2. The van der Waals surface area contributed by atoms with Gasteiger partial charge in [-0.05, 0) is 48.9 Å². The molecular formula is C23H30N2O3. The van der Waals surface area contributed by atoms with Gasteiger partial charge in [-0.1, -0.05) is 36.4 Å². The topological polar surface area (TPSA) is 50.8 Å². The summed E-state index contributed by atoms with van der Waals surface area (Å²) in [5.74, 6) is 1.63. The van der Waals surface area contributed by atoms with Crippen molar-refractivity contribution in [1.82, 2.24) is 10.2 Å². The summed E-state index contributed by atoms with van der Waals surface area (Å²) < 4.78 is 10.7. The maximum Gasteiger partial charge on any atom is 0.244 e. The van der Waals surface area contributed by atoms with Gasteiger partial charge in [0.2, 0.25) is 5.91 Å². The number of likely N-dealkylation sites (tertiary alicyclic amines) is 1. The Morgan fingerprint density at radius 2 is 1.71 bits per heavy atom. The molecule has 0 aliphatic carbocycles. The second-order valence-electron chi connectivity index (χ2n) is 7.12. The van der Waals surface area contributed by atoms with Crippen molar-refractivity contribution in [3.63, 3.8) is 0 Å². The number of piperidine rings is 1. The number of hydrogen-bond acceptors (Lipinski definition) is 4. The van der Waals surface area contributed by atoms with E-state index in [0.29, 0.717) is 6.54 Å². The number of carbonyl (C=O) groups excluding carboxylic acids is 1. The Labute approximate surface area is 167 Å². The van der Waals surface area contributed by atoms with Crippen LogP contribution in [-0.2, 0) is 11.2 Å². The fourth-order valence-electron chi connectivity index (χ4n) is 3.69. The molecule has 5 heteroatoms. The summed E-state index contributed by atoms with van der Waals surface area (Å²) in [5.41, 5.74) is 2.16. The summed E-state index contributed by atoms with van der Waals surface area (Å²) in [6, 6.07) is 15.6. The molecule has 3 rings (SSSR count). The van der Waals surface area contributed by atoms with E-state index >= 15 is 0 Å². The van der Waals surface area contributed by atoms with E-state index in [-0.39, 0.29) is 11.9 Å². The molecule has 150 valence electrons. The first-order valence-corrected chi connectivity index (χ1v) is 10.0. The van der Waals surface area contributed by atoms with E-state index < -0.39 is 0 Å². The average molecular weight is 383 g/mol. The zero-order valence-electron chi connectivity index (χ0n) is 16.8. The lowest BCUT2D eigenvalue weighted by atomic mass is 10.0. The van der Waals surface area contributed by atoms with Gasteiger partial charge in [0.25, 0.3) is 0 Å². The second kappa shape index (κ2) is 10.1. The van der Waals surface area contributed by atoms with Gasteiger partial charge in [0.05, 0.1) is 14.2 Å². The van der Waals surface area contributed by atoms with Crippen LogP contribution in [-0.4, -0.2) is 44.7 Å². The minimum atomic E-state index is -0.306. The molecule has 1 amide bonds. The van der Waals surface area contributed by atoms with Crippen molar-refractivity contribution >= 4 is 5.91 Å². The van der Waals surface area contributed by atoms with Crippen LogP contribution in [0.25, 0.3) is 0 Å². The molecule has 0 spiro atoms. The molecule has 5 nitrogen and oxygen atoms in total. The zero-order chi connectivity index (χ0) is 19.8. The van der Waals surface area contributed by atoms with Gasteiger partial charge in [-0.25, -0.2) is 0 Å². The SMILES string of the molecule is COc1ccc(CCNC(C(=O)N2CCCCC2)c2ccccc2)cc1OC. The van der Waals surface area contributed by atoms with Crippen LogP contribution in [0.3, 0.4) is 0 Å². The van der Waals surface area contributed by atoms with Crippen molar-refractivity contribution in [2.45, 2.75) is 31.7 Å². The Morgan fingerprint density at radius 1 is 1.00 bits per heavy atom. The van der Waals surface area contributed by atoms with E-state index in [0.717, 1.165) is 55.0 Å². The summed E-state index contributed by atoms with van der Waals surface area (Å²) in [6.45, 7) is 2.42. The largest absolute Gasteiger partial charge is 0.493 e. The maximum absolute atomic E-state index is 13.2. The summed E-state index contributed by atoms with van der Waals surface area (Å²) in [7, 11) is 3.28. The number of nitrogens with zero attached hydrogens (tertiary/aromatic N) is 1. The number of nitrogens with one attached hydrogen (secondary N) is 1. The molecule has 1 unspecified atom stereocenters. The Bertz CT molecular complexity index is 758. The van der Waals surface area contributed by atoms with Gasteiger partial charge in [0, 0.05) is 19.6 Å². The van der Waals surface area contributed by atoms with Crippen LogP contribution in [0.4, 0.5) is 0 Å². The lowest BCUT2D eigenvalue weighted by molar-refractivity contribution is -0.134. The van der Waals surface area contributed by atoms with Crippen LogP contribution in [0.5, 0.6) is 11.5 Å². The molecule has 1 atom stereocenters. The molecule has 0 saturated carbocycles. The number of benzene rings is 2. The van der Waals surface area contributed by atoms with Crippen molar-refractivity contribution in [2.24, 2.45) is 0 Å². The predicted molar refractivity (Wildman–Crippen MR) is 111 cm³/mol. The molecule has 2 aromatic rings. The van der Waals surface area contributed by atoms with Crippen LogP contribution in [0.15, 0.2) is 48.5 Å². The van der Waals surface area contributed by atoms with E-state index in [4.69, 9.17) is 9.47 Å². The normalized spacial score (nSPS) is 15.1. The molecule has 0 aromatic heterocycles. The van der Waals surface area contributed by atoms with Gasteiger partial charge in [-0.15, -0.1) is 0 Å². The standard InChI is InChI=1S/C23H30N2O3/c1-27-20-12-11-18(17-21(20)28-2)13-14-24-22(19-9-5-3-6-10-19)23(26)25-15-7-4-8-16-25/h3,5-6,9-12,17,22,24H,4,7-8,13-16H2,1-2H3. The van der Waals surface area contributed by atoms with Gasteiger partial charge >= 0.3 is 0 Å². The van der Waals surface area contributed by atoms with E-state index in [9.17, 15) is 4.79 Å². The highest BCUT2D eigenvalue weighted by Crippen LogP contribution is 2.27. The molecule has 1 heterocycles. The van der Waals surface area contributed by atoms with E-state index in [2.05, 4.69) is 5.32 Å². The van der Waals surface area contributed by atoms with Crippen molar-refractivity contribution in [3.05, 3.63) is 59.7 Å². The fourth-order valence-corrected chi connectivity index (χ4v) is 3.69. The predicted octanol–water partition coefficient (Wildman–Crippen LogP) is 3.59. The first-order valence-electron chi connectivity index (χ1n) is 10.0. The summed E-state index contributed by atoms with van der Waals surface area (Å²) in [5, 5.41) is 3.48. The van der Waals surface area contributed by atoms with Crippen molar-refractivity contribution in [1.29, 1.82) is 0 Å². The number of amides is 1. The van der Waals surface area contributed by atoms with E-state index in [1.54, 1.807) is 14.2 Å². The quantitative estimate of drug-likeness (QED) is 0.758. The first-order chi connectivity index (χ1) is 13.7. The highest BCUT2D eigenvalue weighted by atomic mass is 16.5. The van der Waals surface area contributed by atoms with Crippen LogP contribution >= 0.6 is 0 Å². The Hall–Kier alpha value is -2.53. The molecule has 1 fully saturated rings. The minimum Gasteiger partial charge on any atom is -0.493 e. The minimum absolute atomic E-state index is 0.179. The summed E-state index contributed by atoms with van der Waals surface area (Å²) >= 11 is 0.